The second-order valence-corrected chi connectivity index (χ2v) is 13.9. The minimum absolute atomic E-state index is 0.0133. The fourth-order valence-electron chi connectivity index (χ4n) is 7.92. The van der Waals surface area contributed by atoms with Gasteiger partial charge in [0, 0.05) is 74.0 Å². The van der Waals surface area contributed by atoms with Crippen LogP contribution in [0.2, 0.25) is 0 Å². The lowest BCUT2D eigenvalue weighted by molar-refractivity contribution is -0.134. The van der Waals surface area contributed by atoms with Crippen molar-refractivity contribution in [2.75, 3.05) is 45.3 Å². The van der Waals surface area contributed by atoms with Crippen LogP contribution in [0.4, 0.5) is 5.69 Å². The van der Waals surface area contributed by atoms with Gasteiger partial charge in [0.1, 0.15) is 11.5 Å². The molecule has 5 heterocycles. The van der Waals surface area contributed by atoms with Crippen LogP contribution in [0.15, 0.2) is 41.3 Å². The number of carbonyl (C=O) groups is 2. The van der Waals surface area contributed by atoms with E-state index in [0.717, 1.165) is 101 Å². The van der Waals surface area contributed by atoms with E-state index in [1.54, 1.807) is 25.8 Å². The third-order valence-corrected chi connectivity index (χ3v) is 11.0. The van der Waals surface area contributed by atoms with Crippen molar-refractivity contribution in [1.82, 2.24) is 24.6 Å². The summed E-state index contributed by atoms with van der Waals surface area (Å²) < 4.78 is 15.3. The number of amides is 2. The molecule has 3 fully saturated rings. The molecule has 2 amide bonds. The number of benzene rings is 2. The van der Waals surface area contributed by atoms with Crippen molar-refractivity contribution in [1.29, 1.82) is 0 Å². The SMILES string of the molecule is COc1cc(-c2cn(C)c(=O)c(C)c2C)cc(OC)c1CN1CCC2(CC1)CN(c1ccc3c(C4CCC(=O)NC4=O)nn(C)c3c1)C2. The van der Waals surface area contributed by atoms with Crippen LogP contribution in [0.3, 0.4) is 0 Å². The molecule has 252 valence electrons. The average Bonchev–Trinajstić information content (AvgIpc) is 3.39. The number of anilines is 1. The summed E-state index contributed by atoms with van der Waals surface area (Å²) in [5, 5.41) is 8.14. The molecule has 1 spiro atoms. The second-order valence-electron chi connectivity index (χ2n) is 13.9. The van der Waals surface area contributed by atoms with E-state index in [9.17, 15) is 14.4 Å². The number of nitrogens with one attached hydrogen (secondary N) is 1. The Morgan fingerprint density at radius 1 is 0.958 bits per heavy atom. The van der Waals surface area contributed by atoms with Gasteiger partial charge >= 0.3 is 0 Å². The van der Waals surface area contributed by atoms with Crippen molar-refractivity contribution < 1.29 is 19.1 Å². The van der Waals surface area contributed by atoms with Crippen LogP contribution in [0.5, 0.6) is 11.5 Å². The second kappa shape index (κ2) is 12.1. The highest BCUT2D eigenvalue weighted by Gasteiger charge is 2.45. The van der Waals surface area contributed by atoms with Gasteiger partial charge in [-0.2, -0.15) is 5.10 Å². The maximum atomic E-state index is 12.5. The van der Waals surface area contributed by atoms with Crippen LogP contribution in [-0.4, -0.2) is 71.5 Å². The number of pyridine rings is 1. The first kappa shape index (κ1) is 31.9. The zero-order valence-electron chi connectivity index (χ0n) is 28.7. The summed E-state index contributed by atoms with van der Waals surface area (Å²) in [7, 11) is 7.10. The lowest BCUT2D eigenvalue weighted by Gasteiger charge is -2.55. The van der Waals surface area contributed by atoms with Crippen molar-refractivity contribution in [3.8, 4) is 22.6 Å². The Balaban J connectivity index is 1.02. The van der Waals surface area contributed by atoms with Gasteiger partial charge in [0.05, 0.1) is 36.9 Å². The Bertz CT molecular complexity index is 1970. The first-order chi connectivity index (χ1) is 23.0. The van der Waals surface area contributed by atoms with Crippen molar-refractivity contribution >= 4 is 28.4 Å². The van der Waals surface area contributed by atoms with Gasteiger partial charge in [-0.1, -0.05) is 0 Å². The number of ether oxygens (including phenoxy) is 2. The van der Waals surface area contributed by atoms with Crippen LogP contribution in [-0.2, 0) is 30.2 Å². The summed E-state index contributed by atoms with van der Waals surface area (Å²) in [5.41, 5.74) is 7.92. The minimum atomic E-state index is -0.401. The van der Waals surface area contributed by atoms with Crippen molar-refractivity contribution in [2.45, 2.75) is 52.0 Å². The summed E-state index contributed by atoms with van der Waals surface area (Å²) in [4.78, 5) is 41.6. The summed E-state index contributed by atoms with van der Waals surface area (Å²) >= 11 is 0. The number of likely N-dealkylation sites (tertiary alicyclic amines) is 1. The molecule has 4 aromatic rings. The van der Waals surface area contributed by atoms with E-state index in [2.05, 4.69) is 45.4 Å². The molecule has 0 aliphatic carbocycles. The topological polar surface area (TPSA) is 111 Å². The largest absolute Gasteiger partial charge is 0.496 e. The van der Waals surface area contributed by atoms with Gasteiger partial charge in [0.15, 0.2) is 0 Å². The summed E-state index contributed by atoms with van der Waals surface area (Å²) in [6.45, 7) is 8.63. The highest BCUT2D eigenvalue weighted by molar-refractivity contribution is 6.02. The highest BCUT2D eigenvalue weighted by atomic mass is 16.5. The first-order valence-electron chi connectivity index (χ1n) is 16.7. The van der Waals surface area contributed by atoms with Crippen LogP contribution in [0, 0.1) is 19.3 Å². The number of imide groups is 1. The number of piperidine rings is 2. The van der Waals surface area contributed by atoms with Gasteiger partial charge in [0.25, 0.3) is 5.56 Å². The Labute approximate surface area is 280 Å². The molecule has 3 aliphatic heterocycles. The van der Waals surface area contributed by atoms with E-state index >= 15 is 0 Å². The van der Waals surface area contributed by atoms with E-state index in [1.807, 2.05) is 31.8 Å². The molecule has 2 aromatic heterocycles. The van der Waals surface area contributed by atoms with E-state index in [-0.39, 0.29) is 17.4 Å². The molecule has 2 aromatic carbocycles. The molecule has 0 radical (unpaired) electrons. The lowest BCUT2D eigenvalue weighted by Crippen LogP contribution is -2.60. The Kier molecular flexibility index (Phi) is 8.06. The van der Waals surface area contributed by atoms with Crippen LogP contribution in [0.25, 0.3) is 22.0 Å². The maximum Gasteiger partial charge on any atom is 0.253 e. The van der Waals surface area contributed by atoms with E-state index in [4.69, 9.17) is 14.6 Å². The van der Waals surface area contributed by atoms with Gasteiger partial charge in [0.2, 0.25) is 11.8 Å². The number of rotatable bonds is 7. The molecule has 1 unspecified atom stereocenters. The number of nitrogens with zero attached hydrogens (tertiary/aromatic N) is 5. The number of aryl methyl sites for hydroxylation is 2. The molecule has 0 saturated carbocycles. The number of hydrogen-bond acceptors (Lipinski definition) is 8. The fourth-order valence-corrected chi connectivity index (χ4v) is 7.92. The minimum Gasteiger partial charge on any atom is -0.496 e. The van der Waals surface area contributed by atoms with Gasteiger partial charge in [-0.3, -0.25) is 29.3 Å². The first-order valence-corrected chi connectivity index (χ1v) is 16.7. The molecule has 7 rings (SSSR count). The van der Waals surface area contributed by atoms with Crippen LogP contribution >= 0.6 is 0 Å². The Morgan fingerprint density at radius 2 is 1.65 bits per heavy atom. The summed E-state index contributed by atoms with van der Waals surface area (Å²) in [6, 6.07) is 10.5. The Morgan fingerprint density at radius 3 is 2.29 bits per heavy atom. The normalized spacial score (nSPS) is 19.5. The zero-order chi connectivity index (χ0) is 33.9. The highest BCUT2D eigenvalue weighted by Crippen LogP contribution is 2.45. The van der Waals surface area contributed by atoms with Crippen LogP contribution < -0.4 is 25.2 Å². The number of fused-ring (bicyclic) bond motifs is 1. The molecule has 1 N–H and O–H groups in total. The zero-order valence-corrected chi connectivity index (χ0v) is 28.7. The molecule has 0 bridgehead atoms. The molecule has 11 nitrogen and oxygen atoms in total. The van der Waals surface area contributed by atoms with E-state index < -0.39 is 5.92 Å². The number of aromatic nitrogens is 3. The van der Waals surface area contributed by atoms with Gasteiger partial charge < -0.3 is 18.9 Å². The molecular weight excluding hydrogens is 608 g/mol. The van der Waals surface area contributed by atoms with Gasteiger partial charge in [-0.05, 0) is 87.7 Å². The monoisotopic (exact) mass is 652 g/mol. The lowest BCUT2D eigenvalue weighted by atomic mass is 9.71. The van der Waals surface area contributed by atoms with E-state index in [0.29, 0.717) is 18.3 Å². The molecule has 3 aliphatic rings. The molecular formula is C37H44N6O5. The maximum absolute atomic E-state index is 12.5. The van der Waals surface area contributed by atoms with Crippen molar-refractivity contribution in [3.63, 3.8) is 0 Å². The third kappa shape index (κ3) is 5.43. The number of methoxy groups -OCH3 is 2. The summed E-state index contributed by atoms with van der Waals surface area (Å²) in [6.07, 6.45) is 4.96. The third-order valence-electron chi connectivity index (χ3n) is 11.0. The molecule has 3 saturated heterocycles. The van der Waals surface area contributed by atoms with Gasteiger partial charge in [-0.15, -0.1) is 0 Å². The number of carbonyl (C=O) groups excluding carboxylic acids is 2. The predicted molar refractivity (Wildman–Crippen MR) is 185 cm³/mol. The van der Waals surface area contributed by atoms with Crippen molar-refractivity contribution in [2.24, 2.45) is 19.5 Å². The number of hydrogen-bond donors (Lipinski definition) is 1. The van der Waals surface area contributed by atoms with Gasteiger partial charge in [-0.25, -0.2) is 0 Å². The summed E-state index contributed by atoms with van der Waals surface area (Å²) in [5.74, 6) is 0.704. The Hall–Kier alpha value is -4.64. The molecule has 48 heavy (non-hydrogen) atoms. The molecule has 1 atom stereocenters. The fraction of sp³-hybridized carbons (Fsp3) is 0.459. The van der Waals surface area contributed by atoms with Crippen LogP contribution in [0.1, 0.15) is 54.0 Å². The quantitative estimate of drug-likeness (QED) is 0.296. The van der Waals surface area contributed by atoms with E-state index in [1.165, 1.54) is 5.69 Å². The smallest absolute Gasteiger partial charge is 0.253 e. The standard InChI is InChI=1S/C37H44N6O5/c1-22-23(2)36(46)40(3)18-28(22)24-15-31(47-5)29(32(16-24)48-6)19-42-13-11-37(12-14-42)20-43(21-37)25-7-8-26-30(17-25)41(4)39-34(26)27-9-10-33(44)38-35(27)45/h7-8,15-18,27H,9-14,19-21H2,1-6H3,(H,38,44,45). The predicted octanol–water partition coefficient (Wildman–Crippen LogP) is 4.20. The molecule has 11 heteroatoms. The average molecular weight is 653 g/mol. The van der Waals surface area contributed by atoms with Crippen molar-refractivity contribution in [3.05, 3.63) is 69.3 Å².